The van der Waals surface area contributed by atoms with Gasteiger partial charge in [-0.1, -0.05) is 46.3 Å². The van der Waals surface area contributed by atoms with Crippen LogP contribution in [-0.2, 0) is 6.54 Å². The second-order valence-electron chi connectivity index (χ2n) is 4.98. The summed E-state index contributed by atoms with van der Waals surface area (Å²) in [6.45, 7) is 1.33. The van der Waals surface area contributed by atoms with Crippen molar-refractivity contribution in [2.75, 3.05) is 13.6 Å². The minimum absolute atomic E-state index is 0.160. The predicted molar refractivity (Wildman–Crippen MR) is 85.8 cm³/mol. The smallest absolute Gasteiger partial charge is 0.167 e. The van der Waals surface area contributed by atoms with Crippen LogP contribution in [0.5, 0.6) is 0 Å². The van der Waals surface area contributed by atoms with Gasteiger partial charge in [-0.15, -0.1) is 0 Å². The molecule has 0 spiro atoms. The van der Waals surface area contributed by atoms with Gasteiger partial charge in [0.15, 0.2) is 5.78 Å². The van der Waals surface area contributed by atoms with E-state index in [0.29, 0.717) is 13.0 Å². The molecule has 0 heterocycles. The Morgan fingerprint density at radius 1 is 1.14 bits per heavy atom. The lowest BCUT2D eigenvalue weighted by atomic mass is 10.1. The molecule has 0 aromatic heterocycles. The molecule has 0 amide bonds. The highest BCUT2D eigenvalue weighted by Crippen LogP contribution is 2.17. The van der Waals surface area contributed by atoms with Crippen molar-refractivity contribution in [1.82, 2.24) is 4.90 Å². The Balaban J connectivity index is 1.90. The fraction of sp³-hybridized carbons (Fsp3) is 0.235. The third kappa shape index (κ3) is 4.48. The molecule has 0 saturated heterocycles. The normalized spacial score (nSPS) is 10.9. The van der Waals surface area contributed by atoms with Crippen molar-refractivity contribution in [3.05, 3.63) is 69.9 Å². The monoisotopic (exact) mass is 349 g/mol. The van der Waals surface area contributed by atoms with Crippen LogP contribution in [0.2, 0.25) is 0 Å². The summed E-state index contributed by atoms with van der Waals surface area (Å²) in [7, 11) is 1.95. The molecule has 21 heavy (non-hydrogen) atoms. The first-order valence-corrected chi connectivity index (χ1v) is 7.57. The Labute approximate surface area is 132 Å². The zero-order valence-corrected chi connectivity index (χ0v) is 13.4. The highest BCUT2D eigenvalue weighted by molar-refractivity contribution is 9.10. The molecule has 0 aliphatic carbocycles. The minimum Gasteiger partial charge on any atom is -0.302 e. The van der Waals surface area contributed by atoms with Crippen LogP contribution in [0.15, 0.2) is 53.0 Å². The predicted octanol–water partition coefficient (Wildman–Crippen LogP) is 4.29. The van der Waals surface area contributed by atoms with E-state index >= 15 is 0 Å². The fourth-order valence-corrected chi connectivity index (χ4v) is 2.52. The van der Waals surface area contributed by atoms with Crippen LogP contribution in [0.25, 0.3) is 0 Å². The van der Waals surface area contributed by atoms with Gasteiger partial charge in [0.25, 0.3) is 0 Å². The van der Waals surface area contributed by atoms with E-state index in [0.717, 1.165) is 11.0 Å². The van der Waals surface area contributed by atoms with Crippen LogP contribution in [0, 0.1) is 5.82 Å². The highest BCUT2D eigenvalue weighted by Gasteiger charge is 2.12. The third-order valence-corrected chi connectivity index (χ3v) is 4.07. The number of carbonyl (C=O) groups excluding carboxylic acids is 1. The number of nitrogens with zero attached hydrogens (tertiary/aromatic N) is 1. The van der Waals surface area contributed by atoms with E-state index in [-0.39, 0.29) is 11.3 Å². The second-order valence-corrected chi connectivity index (χ2v) is 5.84. The molecule has 0 radical (unpaired) electrons. The van der Waals surface area contributed by atoms with Crippen molar-refractivity contribution in [2.24, 2.45) is 0 Å². The first-order chi connectivity index (χ1) is 10.1. The lowest BCUT2D eigenvalue weighted by Gasteiger charge is -2.17. The number of ketones is 1. The van der Waals surface area contributed by atoms with Crippen LogP contribution in [0.3, 0.4) is 0 Å². The Bertz CT molecular complexity index is 630. The van der Waals surface area contributed by atoms with Gasteiger partial charge in [-0.2, -0.15) is 0 Å². The van der Waals surface area contributed by atoms with E-state index in [1.165, 1.54) is 17.7 Å². The van der Waals surface area contributed by atoms with Gasteiger partial charge in [0.1, 0.15) is 5.82 Å². The number of benzene rings is 2. The standard InChI is InChI=1S/C17H17BrFNO/c1-20(12-13-6-2-4-8-15(13)18)11-10-17(21)14-7-3-5-9-16(14)19/h2-9H,10-12H2,1H3. The number of hydrogen-bond acceptors (Lipinski definition) is 2. The number of Topliss-reactive ketones (excluding diaryl/α,β-unsaturated/α-hetero) is 1. The van der Waals surface area contributed by atoms with E-state index < -0.39 is 5.82 Å². The summed E-state index contributed by atoms with van der Waals surface area (Å²) in [6.07, 6.45) is 0.307. The lowest BCUT2D eigenvalue weighted by Crippen LogP contribution is -2.22. The van der Waals surface area contributed by atoms with Crippen LogP contribution in [0.1, 0.15) is 22.3 Å². The van der Waals surface area contributed by atoms with Gasteiger partial charge in [-0.05, 0) is 30.8 Å². The topological polar surface area (TPSA) is 20.3 Å². The van der Waals surface area contributed by atoms with Gasteiger partial charge in [0.05, 0.1) is 5.56 Å². The molecule has 2 aromatic rings. The second kappa shape index (κ2) is 7.48. The molecule has 0 saturated carbocycles. The largest absolute Gasteiger partial charge is 0.302 e. The van der Waals surface area contributed by atoms with Crippen molar-refractivity contribution < 1.29 is 9.18 Å². The number of hydrogen-bond donors (Lipinski definition) is 0. The van der Waals surface area contributed by atoms with E-state index in [9.17, 15) is 9.18 Å². The first kappa shape index (κ1) is 15.9. The maximum absolute atomic E-state index is 13.5. The van der Waals surface area contributed by atoms with Crippen molar-refractivity contribution in [3.8, 4) is 0 Å². The molecule has 2 rings (SSSR count). The SMILES string of the molecule is CN(CCC(=O)c1ccccc1F)Cc1ccccc1Br. The lowest BCUT2D eigenvalue weighted by molar-refractivity contribution is 0.0964. The van der Waals surface area contributed by atoms with Crippen molar-refractivity contribution >= 4 is 21.7 Å². The van der Waals surface area contributed by atoms with E-state index in [1.807, 2.05) is 31.3 Å². The summed E-state index contributed by atoms with van der Waals surface area (Å²) >= 11 is 3.51. The molecular weight excluding hydrogens is 333 g/mol. The number of carbonyl (C=O) groups is 1. The average Bonchev–Trinajstić information content (AvgIpc) is 2.48. The van der Waals surface area contributed by atoms with E-state index in [1.54, 1.807) is 12.1 Å². The van der Waals surface area contributed by atoms with Crippen molar-refractivity contribution in [3.63, 3.8) is 0 Å². The summed E-state index contributed by atoms with van der Waals surface area (Å²) in [5.41, 5.74) is 1.34. The molecule has 0 aliphatic heterocycles. The van der Waals surface area contributed by atoms with Gasteiger partial charge in [-0.3, -0.25) is 4.79 Å². The molecule has 4 heteroatoms. The molecule has 0 unspecified atom stereocenters. The molecule has 0 aliphatic rings. The van der Waals surface area contributed by atoms with E-state index in [2.05, 4.69) is 20.8 Å². The summed E-state index contributed by atoms with van der Waals surface area (Å²) in [4.78, 5) is 14.1. The van der Waals surface area contributed by atoms with Gasteiger partial charge in [0.2, 0.25) is 0 Å². The summed E-state index contributed by atoms with van der Waals surface area (Å²) in [5, 5.41) is 0. The Hall–Kier alpha value is -1.52. The third-order valence-electron chi connectivity index (χ3n) is 3.29. The van der Waals surface area contributed by atoms with Crippen LogP contribution in [-0.4, -0.2) is 24.3 Å². The minimum atomic E-state index is -0.448. The summed E-state index contributed by atoms with van der Waals surface area (Å²) in [5.74, 6) is -0.608. The van der Waals surface area contributed by atoms with Crippen LogP contribution >= 0.6 is 15.9 Å². The zero-order chi connectivity index (χ0) is 15.2. The van der Waals surface area contributed by atoms with E-state index in [4.69, 9.17) is 0 Å². The molecule has 110 valence electrons. The summed E-state index contributed by atoms with van der Waals surface area (Å²) < 4.78 is 14.6. The Morgan fingerprint density at radius 3 is 2.52 bits per heavy atom. The number of rotatable bonds is 6. The fourth-order valence-electron chi connectivity index (χ4n) is 2.11. The molecule has 2 aromatic carbocycles. The van der Waals surface area contributed by atoms with Gasteiger partial charge in [-0.25, -0.2) is 4.39 Å². The number of halogens is 2. The first-order valence-electron chi connectivity index (χ1n) is 6.77. The van der Waals surface area contributed by atoms with Gasteiger partial charge >= 0.3 is 0 Å². The maximum atomic E-state index is 13.5. The molecule has 0 atom stereocenters. The zero-order valence-electron chi connectivity index (χ0n) is 11.9. The Morgan fingerprint density at radius 2 is 1.81 bits per heavy atom. The highest BCUT2D eigenvalue weighted by atomic mass is 79.9. The van der Waals surface area contributed by atoms with Gasteiger partial charge < -0.3 is 4.90 Å². The van der Waals surface area contributed by atoms with Gasteiger partial charge in [0, 0.05) is 24.0 Å². The maximum Gasteiger partial charge on any atom is 0.167 e. The Kier molecular flexibility index (Phi) is 5.65. The molecule has 0 fully saturated rings. The van der Waals surface area contributed by atoms with Crippen molar-refractivity contribution in [2.45, 2.75) is 13.0 Å². The molecule has 2 nitrogen and oxygen atoms in total. The molecule has 0 bridgehead atoms. The quantitative estimate of drug-likeness (QED) is 0.725. The van der Waals surface area contributed by atoms with Crippen LogP contribution in [0.4, 0.5) is 4.39 Å². The molecule has 0 N–H and O–H groups in total. The van der Waals surface area contributed by atoms with Crippen molar-refractivity contribution in [1.29, 1.82) is 0 Å². The molecular formula is C17H17BrFNO. The van der Waals surface area contributed by atoms with Crippen LogP contribution < -0.4 is 0 Å². The average molecular weight is 350 g/mol. The summed E-state index contributed by atoms with van der Waals surface area (Å²) in [6, 6.07) is 14.1.